The number of aromatic nitrogens is 2. The van der Waals surface area contributed by atoms with E-state index in [1.165, 1.54) is 5.56 Å². The van der Waals surface area contributed by atoms with Crippen LogP contribution in [0.1, 0.15) is 30.7 Å². The summed E-state index contributed by atoms with van der Waals surface area (Å²) in [6, 6.07) is 21.1. The number of imidazole rings is 1. The molecule has 0 spiro atoms. The van der Waals surface area contributed by atoms with Crippen molar-refractivity contribution in [3.63, 3.8) is 0 Å². The number of ether oxygens (including phenoxy) is 1. The Labute approximate surface area is 184 Å². The summed E-state index contributed by atoms with van der Waals surface area (Å²) in [6.07, 6.45) is 1.97. The van der Waals surface area contributed by atoms with E-state index in [-0.39, 0.29) is 0 Å². The summed E-state index contributed by atoms with van der Waals surface area (Å²) in [5.41, 5.74) is 13.3. The Balaban J connectivity index is 1.80. The maximum atomic E-state index is 6.14. The van der Waals surface area contributed by atoms with E-state index in [9.17, 15) is 0 Å². The Morgan fingerprint density at radius 2 is 1.81 bits per heavy atom. The molecule has 4 aromatic rings. The van der Waals surface area contributed by atoms with Crippen LogP contribution in [0, 0.1) is 6.92 Å². The average molecular weight is 415 g/mol. The largest absolute Gasteiger partial charge is 0.496 e. The van der Waals surface area contributed by atoms with Crippen LogP contribution in [0.15, 0.2) is 66.9 Å². The number of benzene rings is 2. The second-order valence-electron chi connectivity index (χ2n) is 8.27. The SMILES string of the molecule is COc1ccc(-c2nc3ccc(N)cn3c2CN(Cc2ccccc2)C(C)C)cc1C. The van der Waals surface area contributed by atoms with Crippen molar-refractivity contribution in [2.24, 2.45) is 0 Å². The van der Waals surface area contributed by atoms with Gasteiger partial charge in [-0.2, -0.15) is 0 Å². The topological polar surface area (TPSA) is 55.8 Å². The van der Waals surface area contributed by atoms with Crippen LogP contribution < -0.4 is 10.5 Å². The summed E-state index contributed by atoms with van der Waals surface area (Å²) in [5, 5.41) is 0. The third-order valence-corrected chi connectivity index (χ3v) is 5.72. The molecule has 0 unspecified atom stereocenters. The molecule has 0 saturated carbocycles. The molecule has 0 atom stereocenters. The minimum atomic E-state index is 0.372. The van der Waals surface area contributed by atoms with E-state index in [4.69, 9.17) is 15.5 Å². The molecular weight excluding hydrogens is 384 g/mol. The fourth-order valence-corrected chi connectivity index (χ4v) is 3.95. The van der Waals surface area contributed by atoms with Gasteiger partial charge in [0.15, 0.2) is 0 Å². The molecule has 0 saturated heterocycles. The zero-order chi connectivity index (χ0) is 22.0. The first-order valence-electron chi connectivity index (χ1n) is 10.7. The van der Waals surface area contributed by atoms with Gasteiger partial charge in [0.05, 0.1) is 18.5 Å². The molecule has 160 valence electrons. The van der Waals surface area contributed by atoms with Crippen molar-refractivity contribution in [2.45, 2.75) is 39.9 Å². The standard InChI is InChI=1S/C26H30N4O/c1-18(2)29(15-20-8-6-5-7-9-20)17-23-26(21-10-12-24(31-4)19(3)14-21)28-25-13-11-22(27)16-30(23)25/h5-14,16,18H,15,17,27H2,1-4H3. The monoisotopic (exact) mass is 414 g/mol. The zero-order valence-corrected chi connectivity index (χ0v) is 18.7. The van der Waals surface area contributed by atoms with Gasteiger partial charge in [0.1, 0.15) is 11.4 Å². The first kappa shape index (κ1) is 20.9. The Bertz CT molecular complexity index is 1180. The van der Waals surface area contributed by atoms with E-state index in [2.05, 4.69) is 72.5 Å². The van der Waals surface area contributed by atoms with Gasteiger partial charge < -0.3 is 14.9 Å². The predicted molar refractivity (Wildman–Crippen MR) is 127 cm³/mol. The molecule has 0 bridgehead atoms. The van der Waals surface area contributed by atoms with Crippen molar-refractivity contribution in [3.8, 4) is 17.0 Å². The lowest BCUT2D eigenvalue weighted by atomic mass is 10.1. The van der Waals surface area contributed by atoms with Crippen LogP contribution in [0.25, 0.3) is 16.9 Å². The van der Waals surface area contributed by atoms with Crippen LogP contribution in [0.3, 0.4) is 0 Å². The number of nitrogen functional groups attached to an aromatic ring is 1. The first-order chi connectivity index (χ1) is 15.0. The summed E-state index contributed by atoms with van der Waals surface area (Å²) in [6.45, 7) is 8.16. The summed E-state index contributed by atoms with van der Waals surface area (Å²) in [7, 11) is 1.70. The fraction of sp³-hybridized carbons (Fsp3) is 0.269. The smallest absolute Gasteiger partial charge is 0.137 e. The highest BCUT2D eigenvalue weighted by Gasteiger charge is 2.20. The predicted octanol–water partition coefficient (Wildman–Crippen LogP) is 5.31. The van der Waals surface area contributed by atoms with Crippen LogP contribution in [0.2, 0.25) is 0 Å². The molecule has 31 heavy (non-hydrogen) atoms. The van der Waals surface area contributed by atoms with E-state index in [0.29, 0.717) is 6.04 Å². The molecule has 2 aromatic carbocycles. The molecule has 0 radical (unpaired) electrons. The normalized spacial score (nSPS) is 11.5. The number of fused-ring (bicyclic) bond motifs is 1. The molecule has 2 aromatic heterocycles. The number of hydrogen-bond acceptors (Lipinski definition) is 4. The molecule has 2 heterocycles. The summed E-state index contributed by atoms with van der Waals surface area (Å²) < 4.78 is 7.58. The number of aryl methyl sites for hydroxylation is 1. The molecule has 0 aliphatic heterocycles. The van der Waals surface area contributed by atoms with Crippen molar-refractivity contribution < 1.29 is 4.74 Å². The molecular formula is C26H30N4O. The number of nitrogens with zero attached hydrogens (tertiary/aromatic N) is 3. The number of nitrogens with two attached hydrogens (primary N) is 1. The lowest BCUT2D eigenvalue weighted by Crippen LogP contribution is -2.30. The van der Waals surface area contributed by atoms with Crippen molar-refractivity contribution in [1.82, 2.24) is 14.3 Å². The van der Waals surface area contributed by atoms with Crippen LogP contribution in [0.5, 0.6) is 5.75 Å². The Hall–Kier alpha value is -3.31. The van der Waals surface area contributed by atoms with Crippen LogP contribution in [-0.2, 0) is 13.1 Å². The minimum Gasteiger partial charge on any atom is -0.496 e. The van der Waals surface area contributed by atoms with Crippen molar-refractivity contribution in [3.05, 3.63) is 83.7 Å². The lowest BCUT2D eigenvalue weighted by molar-refractivity contribution is 0.201. The number of methoxy groups -OCH3 is 1. The number of hydrogen-bond donors (Lipinski definition) is 1. The maximum absolute atomic E-state index is 6.14. The van der Waals surface area contributed by atoms with E-state index >= 15 is 0 Å². The van der Waals surface area contributed by atoms with Gasteiger partial charge in [-0.3, -0.25) is 4.90 Å². The van der Waals surface area contributed by atoms with Crippen molar-refractivity contribution >= 4 is 11.3 Å². The van der Waals surface area contributed by atoms with Gasteiger partial charge in [-0.05, 0) is 62.2 Å². The summed E-state index contributed by atoms with van der Waals surface area (Å²) >= 11 is 0. The Kier molecular flexibility index (Phi) is 5.96. The van der Waals surface area contributed by atoms with Gasteiger partial charge >= 0.3 is 0 Å². The molecule has 0 fully saturated rings. The maximum Gasteiger partial charge on any atom is 0.137 e. The van der Waals surface area contributed by atoms with Gasteiger partial charge in [0.25, 0.3) is 0 Å². The van der Waals surface area contributed by atoms with E-state index in [1.54, 1.807) is 7.11 Å². The number of pyridine rings is 1. The van der Waals surface area contributed by atoms with Crippen molar-refractivity contribution in [2.75, 3.05) is 12.8 Å². The summed E-state index contributed by atoms with van der Waals surface area (Å²) in [4.78, 5) is 7.44. The number of rotatable bonds is 7. The van der Waals surface area contributed by atoms with Crippen LogP contribution >= 0.6 is 0 Å². The minimum absolute atomic E-state index is 0.372. The van der Waals surface area contributed by atoms with E-state index < -0.39 is 0 Å². The number of anilines is 1. The van der Waals surface area contributed by atoms with Crippen LogP contribution in [0.4, 0.5) is 5.69 Å². The van der Waals surface area contributed by atoms with E-state index in [1.807, 2.05) is 24.4 Å². The lowest BCUT2D eigenvalue weighted by Gasteiger charge is -2.27. The molecule has 0 amide bonds. The van der Waals surface area contributed by atoms with Gasteiger partial charge in [-0.15, -0.1) is 0 Å². The summed E-state index contributed by atoms with van der Waals surface area (Å²) in [5.74, 6) is 0.881. The quantitative estimate of drug-likeness (QED) is 0.445. The highest BCUT2D eigenvalue weighted by atomic mass is 16.5. The third kappa shape index (κ3) is 4.42. The third-order valence-electron chi connectivity index (χ3n) is 5.72. The second kappa shape index (κ2) is 8.82. The highest BCUT2D eigenvalue weighted by Crippen LogP contribution is 2.30. The van der Waals surface area contributed by atoms with Gasteiger partial charge in [0, 0.05) is 36.6 Å². The second-order valence-corrected chi connectivity index (χ2v) is 8.27. The molecule has 5 heteroatoms. The Morgan fingerprint density at radius 1 is 1.03 bits per heavy atom. The fourth-order valence-electron chi connectivity index (χ4n) is 3.95. The molecule has 0 aliphatic carbocycles. The van der Waals surface area contributed by atoms with Crippen LogP contribution in [-0.4, -0.2) is 27.4 Å². The molecule has 0 aliphatic rings. The average Bonchev–Trinajstić information content (AvgIpc) is 3.11. The molecule has 2 N–H and O–H groups in total. The molecule has 4 rings (SSSR count). The first-order valence-corrected chi connectivity index (χ1v) is 10.7. The Morgan fingerprint density at radius 3 is 2.48 bits per heavy atom. The zero-order valence-electron chi connectivity index (χ0n) is 18.7. The van der Waals surface area contributed by atoms with Gasteiger partial charge in [-0.25, -0.2) is 4.98 Å². The van der Waals surface area contributed by atoms with Gasteiger partial charge in [-0.1, -0.05) is 30.3 Å². The van der Waals surface area contributed by atoms with Crippen molar-refractivity contribution in [1.29, 1.82) is 0 Å². The molecule has 5 nitrogen and oxygen atoms in total. The highest BCUT2D eigenvalue weighted by molar-refractivity contribution is 5.69. The van der Waals surface area contributed by atoms with Gasteiger partial charge in [0.2, 0.25) is 0 Å². The van der Waals surface area contributed by atoms with E-state index in [0.717, 1.165) is 52.7 Å².